The Labute approximate surface area is 282 Å². The number of ketones is 2. The van der Waals surface area contributed by atoms with Crippen molar-refractivity contribution < 1.29 is 27.2 Å². The average Bonchev–Trinajstić information content (AvgIpc) is 3.84. The van der Waals surface area contributed by atoms with Crippen molar-refractivity contribution in [3.8, 4) is 21.9 Å². The van der Waals surface area contributed by atoms with Gasteiger partial charge in [0.05, 0.1) is 35.0 Å². The Morgan fingerprint density at radius 2 is 1.02 bits per heavy atom. The lowest BCUT2D eigenvalue weighted by Crippen LogP contribution is -2.13. The molecule has 0 saturated heterocycles. The zero-order chi connectivity index (χ0) is 35.1. The van der Waals surface area contributed by atoms with E-state index in [2.05, 4.69) is 19.7 Å². The molecule has 0 N–H and O–H groups in total. The molecule has 0 unspecified atom stereocenters. The van der Waals surface area contributed by atoms with Gasteiger partial charge in [0.25, 0.3) is 11.4 Å². The second-order valence-electron chi connectivity index (χ2n) is 11.4. The van der Waals surface area contributed by atoms with Crippen molar-refractivity contribution in [2.24, 2.45) is 9.98 Å². The fourth-order valence-corrected chi connectivity index (χ4v) is 8.63. The van der Waals surface area contributed by atoms with Crippen molar-refractivity contribution in [1.82, 2.24) is 0 Å². The van der Waals surface area contributed by atoms with Gasteiger partial charge in [0, 0.05) is 27.7 Å². The number of aliphatic imine (C=N–C) groups is 2. The van der Waals surface area contributed by atoms with Gasteiger partial charge in [0.1, 0.15) is 21.4 Å². The fraction of sp³-hybridized carbons (Fsp3) is 0.0857. The van der Waals surface area contributed by atoms with Crippen LogP contribution >= 0.6 is 22.7 Å². The number of hydrogen-bond acceptors (Lipinski definition) is 8. The molecule has 3 aliphatic carbocycles. The number of thiophene rings is 2. The third-order valence-electron chi connectivity index (χ3n) is 8.40. The van der Waals surface area contributed by atoms with Crippen LogP contribution in [-0.2, 0) is 5.41 Å². The molecule has 8 nitrogen and oxygen atoms in total. The Morgan fingerprint density at radius 3 is 1.35 bits per heavy atom. The largest absolute Gasteiger partial charge is 0.287 e. The molecule has 0 bridgehead atoms. The first kappa shape index (κ1) is 31.3. The van der Waals surface area contributed by atoms with E-state index < -0.39 is 51.6 Å². The van der Waals surface area contributed by atoms with Crippen LogP contribution in [0, 0.1) is 59.1 Å². The van der Waals surface area contributed by atoms with Crippen LogP contribution in [-0.4, -0.2) is 23.0 Å². The molecule has 14 heteroatoms. The number of benzene rings is 2. The van der Waals surface area contributed by atoms with E-state index in [0.717, 1.165) is 33.0 Å². The van der Waals surface area contributed by atoms with Gasteiger partial charge < -0.3 is 0 Å². The Morgan fingerprint density at radius 1 is 0.673 bits per heavy atom. The first-order valence-electron chi connectivity index (χ1n) is 13.9. The standard InChI is InChI=1S/C35H12F4N6O2S2/c1-35(2)17-9-25(44-29-27(23(11-40)42-3)13-5-19(36)21(38)7-15(13)31(29)46)48-33(17)34-18(35)10-26(49-34)45-30-28(24(12-41)43-4)14-6-20(37)22(39)8-16(14)32(30)47/h5-10H,1-2H3/b27-23+,28-24?,44-29?,45-30?. The highest BCUT2D eigenvalue weighted by Gasteiger charge is 2.42. The van der Waals surface area contributed by atoms with Gasteiger partial charge in [-0.3, -0.25) is 9.59 Å². The maximum atomic E-state index is 14.2. The lowest BCUT2D eigenvalue weighted by Gasteiger charge is -2.18. The number of allylic oxidation sites excluding steroid dienone is 4. The Hall–Kier alpha value is -6.32. The van der Waals surface area contributed by atoms with Crippen LogP contribution in [0.2, 0.25) is 0 Å². The van der Waals surface area contributed by atoms with Crippen LogP contribution in [0.3, 0.4) is 0 Å². The molecule has 2 aromatic heterocycles. The summed E-state index contributed by atoms with van der Waals surface area (Å²) in [7, 11) is 0. The topological polar surface area (TPSA) is 115 Å². The van der Waals surface area contributed by atoms with E-state index in [1.54, 1.807) is 24.3 Å². The van der Waals surface area contributed by atoms with Gasteiger partial charge in [-0.25, -0.2) is 47.8 Å². The zero-order valence-electron chi connectivity index (χ0n) is 24.8. The lowest BCUT2D eigenvalue weighted by molar-refractivity contribution is 0.106. The van der Waals surface area contributed by atoms with Gasteiger partial charge in [-0.05, 0) is 58.7 Å². The van der Waals surface area contributed by atoms with Crippen molar-refractivity contribution in [3.05, 3.63) is 127 Å². The highest BCUT2D eigenvalue weighted by atomic mass is 32.1. The Balaban J connectivity index is 1.34. The third-order valence-corrected chi connectivity index (χ3v) is 10.6. The van der Waals surface area contributed by atoms with E-state index in [0.29, 0.717) is 22.1 Å². The molecule has 2 heterocycles. The van der Waals surface area contributed by atoms with Gasteiger partial charge in [-0.15, -0.1) is 22.7 Å². The van der Waals surface area contributed by atoms with E-state index in [4.69, 9.17) is 13.1 Å². The maximum absolute atomic E-state index is 14.2. The van der Waals surface area contributed by atoms with Gasteiger partial charge in [-0.1, -0.05) is 13.8 Å². The number of rotatable bonds is 2. The molecule has 3 aliphatic rings. The lowest BCUT2D eigenvalue weighted by atomic mass is 9.84. The van der Waals surface area contributed by atoms with Crippen molar-refractivity contribution in [2.75, 3.05) is 0 Å². The third kappa shape index (κ3) is 4.43. The number of fused-ring (bicyclic) bond motifs is 5. The molecule has 0 aliphatic heterocycles. The first-order chi connectivity index (χ1) is 23.3. The minimum Gasteiger partial charge on any atom is -0.287 e. The van der Waals surface area contributed by atoms with Crippen LogP contribution < -0.4 is 0 Å². The average molecular weight is 689 g/mol. The molecular formula is C35H12F4N6O2S2. The minimum atomic E-state index is -1.27. The minimum absolute atomic E-state index is 0.107. The molecule has 234 valence electrons. The summed E-state index contributed by atoms with van der Waals surface area (Å²) in [5.74, 6) is -6.58. The molecule has 0 spiro atoms. The second-order valence-corrected chi connectivity index (χ2v) is 13.4. The maximum Gasteiger partial charge on any atom is 0.271 e. The zero-order valence-corrected chi connectivity index (χ0v) is 26.4. The molecule has 0 amide bonds. The van der Waals surface area contributed by atoms with Crippen molar-refractivity contribution >= 4 is 66.8 Å². The van der Waals surface area contributed by atoms with Gasteiger partial charge in [0.15, 0.2) is 23.3 Å². The SMILES string of the molecule is [C-]#[N+]C(C#N)=C1C(=Nc2cc3c(s2)-c2sc(N=C4C(=O)c5cc(F)c(F)cc5/C4=C(/C#N)[N+]#[C-])cc2C3(C)C)C(=O)c2cc(F)c(F)cc21. The fourth-order valence-electron chi connectivity index (χ4n) is 6.08. The smallest absolute Gasteiger partial charge is 0.271 e. The summed E-state index contributed by atoms with van der Waals surface area (Å²) >= 11 is 2.36. The van der Waals surface area contributed by atoms with Crippen LogP contribution in [0.1, 0.15) is 56.8 Å². The van der Waals surface area contributed by atoms with Crippen molar-refractivity contribution in [2.45, 2.75) is 19.3 Å². The van der Waals surface area contributed by atoms with Crippen molar-refractivity contribution in [1.29, 1.82) is 10.5 Å². The van der Waals surface area contributed by atoms with E-state index in [-0.39, 0.29) is 44.8 Å². The molecule has 0 radical (unpaired) electrons. The quantitative estimate of drug-likeness (QED) is 0.119. The van der Waals surface area contributed by atoms with Crippen LogP contribution in [0.25, 0.3) is 30.6 Å². The van der Waals surface area contributed by atoms with E-state index in [9.17, 15) is 37.7 Å². The van der Waals surface area contributed by atoms with Gasteiger partial charge in [-0.2, -0.15) is 0 Å². The first-order valence-corrected chi connectivity index (χ1v) is 15.6. The highest BCUT2D eigenvalue weighted by molar-refractivity contribution is 7.26. The van der Waals surface area contributed by atoms with Crippen LogP contribution in [0.15, 0.2) is 57.8 Å². The number of carbonyl (C=O) groups is 2. The van der Waals surface area contributed by atoms with E-state index >= 15 is 0 Å². The number of nitriles is 2. The van der Waals surface area contributed by atoms with Crippen molar-refractivity contribution in [3.63, 3.8) is 0 Å². The molecule has 49 heavy (non-hydrogen) atoms. The summed E-state index contributed by atoms with van der Waals surface area (Å²) < 4.78 is 56.6. The van der Waals surface area contributed by atoms with Crippen LogP contribution in [0.5, 0.6) is 0 Å². The summed E-state index contributed by atoms with van der Waals surface area (Å²) in [4.78, 5) is 43.5. The van der Waals surface area contributed by atoms with Gasteiger partial charge in [0.2, 0.25) is 11.6 Å². The second kappa shape index (κ2) is 10.9. The molecule has 0 atom stereocenters. The van der Waals surface area contributed by atoms with Gasteiger partial charge >= 0.3 is 0 Å². The van der Waals surface area contributed by atoms with E-state index in [1.165, 1.54) is 22.7 Å². The summed E-state index contributed by atoms with van der Waals surface area (Å²) in [6, 6.07) is 9.84. The summed E-state index contributed by atoms with van der Waals surface area (Å²) in [6.07, 6.45) is 0. The molecule has 0 fully saturated rings. The number of hydrogen-bond donors (Lipinski definition) is 0. The number of Topliss-reactive ketones (excluding diaryl/α,β-unsaturated/α-hetero) is 2. The Kier molecular flexibility index (Phi) is 6.94. The predicted octanol–water partition coefficient (Wildman–Crippen LogP) is 8.92. The number of carbonyl (C=O) groups excluding carboxylic acids is 2. The number of halogens is 4. The normalized spacial score (nSPS) is 18.7. The number of nitrogens with zero attached hydrogens (tertiary/aromatic N) is 6. The summed E-state index contributed by atoms with van der Waals surface area (Å²) in [5, 5.41) is 19.8. The highest BCUT2D eigenvalue weighted by Crippen LogP contribution is 2.58. The molecule has 7 rings (SSSR count). The molecule has 4 aromatic rings. The molecule has 2 aromatic carbocycles. The molecule has 0 saturated carbocycles. The molecular weight excluding hydrogens is 677 g/mol. The predicted molar refractivity (Wildman–Crippen MR) is 174 cm³/mol. The van der Waals surface area contributed by atoms with Crippen LogP contribution in [0.4, 0.5) is 27.6 Å². The monoisotopic (exact) mass is 688 g/mol. The summed E-state index contributed by atoms with van der Waals surface area (Å²) in [6.45, 7) is 18.7. The summed E-state index contributed by atoms with van der Waals surface area (Å²) in [5.41, 5.74) is -1.68. The van der Waals surface area contributed by atoms with E-state index in [1.807, 2.05) is 13.8 Å². The Bertz CT molecular complexity index is 2400.